The summed E-state index contributed by atoms with van der Waals surface area (Å²) < 4.78 is 1.22. The predicted octanol–water partition coefficient (Wildman–Crippen LogP) is -0.307. The van der Waals surface area contributed by atoms with E-state index < -0.39 is 17.9 Å². The SMILES string of the molecule is Cc1ccn([C@@H](CC(N)=O)C(=O)O)n1. The van der Waals surface area contributed by atoms with Gasteiger partial charge in [0.25, 0.3) is 0 Å². The molecule has 76 valence electrons. The molecule has 0 aliphatic rings. The number of nitrogens with zero attached hydrogens (tertiary/aromatic N) is 2. The summed E-state index contributed by atoms with van der Waals surface area (Å²) in [4.78, 5) is 21.4. The third-order valence-electron chi connectivity index (χ3n) is 1.74. The highest BCUT2D eigenvalue weighted by molar-refractivity contribution is 5.82. The van der Waals surface area contributed by atoms with Gasteiger partial charge in [-0.05, 0) is 13.0 Å². The molecule has 0 saturated carbocycles. The average Bonchev–Trinajstić information content (AvgIpc) is 2.46. The summed E-state index contributed by atoms with van der Waals surface area (Å²) in [6.45, 7) is 1.74. The van der Waals surface area contributed by atoms with E-state index in [0.717, 1.165) is 0 Å². The van der Waals surface area contributed by atoms with Crippen LogP contribution in [0.1, 0.15) is 18.2 Å². The van der Waals surface area contributed by atoms with Crippen LogP contribution >= 0.6 is 0 Å². The summed E-state index contributed by atoms with van der Waals surface area (Å²) in [5.41, 5.74) is 5.63. The molecule has 0 saturated heterocycles. The molecular formula is C8H11N3O3. The minimum absolute atomic E-state index is 0.254. The van der Waals surface area contributed by atoms with Crippen molar-refractivity contribution in [1.82, 2.24) is 9.78 Å². The first kappa shape index (κ1) is 10.2. The van der Waals surface area contributed by atoms with Crippen LogP contribution in [0.2, 0.25) is 0 Å². The van der Waals surface area contributed by atoms with Gasteiger partial charge in [0.1, 0.15) is 0 Å². The molecule has 1 amide bonds. The van der Waals surface area contributed by atoms with Gasteiger partial charge in [-0.3, -0.25) is 9.48 Å². The third-order valence-corrected chi connectivity index (χ3v) is 1.74. The first-order valence-corrected chi connectivity index (χ1v) is 4.03. The van der Waals surface area contributed by atoms with Gasteiger partial charge >= 0.3 is 5.97 Å². The number of carboxylic acids is 1. The van der Waals surface area contributed by atoms with Gasteiger partial charge in [-0.15, -0.1) is 0 Å². The van der Waals surface area contributed by atoms with Gasteiger partial charge in [-0.1, -0.05) is 0 Å². The van der Waals surface area contributed by atoms with Gasteiger partial charge in [-0.25, -0.2) is 4.79 Å². The number of carbonyl (C=O) groups excluding carboxylic acids is 1. The molecule has 0 fully saturated rings. The molecule has 0 unspecified atom stereocenters. The molecule has 6 nitrogen and oxygen atoms in total. The Hall–Kier alpha value is -1.85. The molecule has 0 bridgehead atoms. The highest BCUT2D eigenvalue weighted by Crippen LogP contribution is 2.10. The first-order chi connectivity index (χ1) is 6.50. The van der Waals surface area contributed by atoms with E-state index in [2.05, 4.69) is 5.10 Å². The zero-order chi connectivity index (χ0) is 10.7. The van der Waals surface area contributed by atoms with E-state index in [1.165, 1.54) is 10.9 Å². The number of primary amides is 1. The maximum atomic E-state index is 10.8. The van der Waals surface area contributed by atoms with Crippen molar-refractivity contribution in [3.8, 4) is 0 Å². The second kappa shape index (κ2) is 3.91. The standard InChI is InChI=1S/C8H11N3O3/c1-5-2-3-11(10-5)6(8(13)14)4-7(9)12/h2-3,6H,4H2,1H3,(H2,9,12)(H,13,14)/t6-/m0/s1. The van der Waals surface area contributed by atoms with Crippen molar-refractivity contribution in [2.24, 2.45) is 5.73 Å². The maximum absolute atomic E-state index is 10.8. The van der Waals surface area contributed by atoms with E-state index in [1.807, 2.05) is 0 Å². The van der Waals surface area contributed by atoms with Crippen LogP contribution in [0.25, 0.3) is 0 Å². The lowest BCUT2D eigenvalue weighted by Gasteiger charge is -2.10. The summed E-state index contributed by atoms with van der Waals surface area (Å²) in [5.74, 6) is -1.78. The minimum Gasteiger partial charge on any atom is -0.480 e. The summed E-state index contributed by atoms with van der Waals surface area (Å²) in [7, 11) is 0. The summed E-state index contributed by atoms with van der Waals surface area (Å²) in [6.07, 6.45) is 1.26. The van der Waals surface area contributed by atoms with Crippen LogP contribution in [0.15, 0.2) is 12.3 Å². The predicted molar refractivity (Wildman–Crippen MR) is 47.4 cm³/mol. The Labute approximate surface area is 80.3 Å². The van der Waals surface area contributed by atoms with E-state index in [0.29, 0.717) is 5.69 Å². The Kier molecular flexibility index (Phi) is 2.85. The maximum Gasteiger partial charge on any atom is 0.329 e. The molecule has 6 heteroatoms. The number of aromatic nitrogens is 2. The fourth-order valence-corrected chi connectivity index (χ4v) is 1.09. The molecule has 1 heterocycles. The molecule has 1 rings (SSSR count). The quantitative estimate of drug-likeness (QED) is 0.691. The molecule has 0 spiro atoms. The number of hydrogen-bond acceptors (Lipinski definition) is 3. The van der Waals surface area contributed by atoms with Crippen LogP contribution in [0.5, 0.6) is 0 Å². The van der Waals surface area contributed by atoms with E-state index >= 15 is 0 Å². The van der Waals surface area contributed by atoms with E-state index in [9.17, 15) is 9.59 Å². The Balaban J connectivity index is 2.88. The van der Waals surface area contributed by atoms with Crippen molar-refractivity contribution in [2.45, 2.75) is 19.4 Å². The molecule has 0 aromatic carbocycles. The lowest BCUT2D eigenvalue weighted by atomic mass is 10.2. The van der Waals surface area contributed by atoms with Crippen LogP contribution < -0.4 is 5.73 Å². The largest absolute Gasteiger partial charge is 0.480 e. The average molecular weight is 197 g/mol. The number of rotatable bonds is 4. The van der Waals surface area contributed by atoms with Crippen molar-refractivity contribution >= 4 is 11.9 Å². The Morgan fingerprint density at radius 3 is 2.71 bits per heavy atom. The van der Waals surface area contributed by atoms with Crippen LogP contribution in [-0.2, 0) is 9.59 Å². The number of aryl methyl sites for hydroxylation is 1. The molecule has 1 aromatic rings. The van der Waals surface area contributed by atoms with Gasteiger partial charge in [0.2, 0.25) is 5.91 Å². The van der Waals surface area contributed by atoms with Crippen molar-refractivity contribution in [2.75, 3.05) is 0 Å². The molecule has 0 aliphatic carbocycles. The molecule has 1 aromatic heterocycles. The Morgan fingerprint density at radius 1 is 1.71 bits per heavy atom. The lowest BCUT2D eigenvalue weighted by Crippen LogP contribution is -2.26. The molecule has 1 atom stereocenters. The van der Waals surface area contributed by atoms with Gasteiger partial charge in [0.05, 0.1) is 12.1 Å². The van der Waals surface area contributed by atoms with Crippen LogP contribution in [0.3, 0.4) is 0 Å². The molecule has 3 N–H and O–H groups in total. The molecular weight excluding hydrogens is 186 g/mol. The number of carboxylic acid groups (broad SMARTS) is 1. The zero-order valence-corrected chi connectivity index (χ0v) is 7.67. The fraction of sp³-hybridized carbons (Fsp3) is 0.375. The molecule has 0 aliphatic heterocycles. The van der Waals surface area contributed by atoms with Gasteiger partial charge in [-0.2, -0.15) is 5.10 Å². The van der Waals surface area contributed by atoms with Gasteiger partial charge in [0.15, 0.2) is 6.04 Å². The number of hydrogen-bond donors (Lipinski definition) is 2. The Morgan fingerprint density at radius 2 is 2.36 bits per heavy atom. The van der Waals surface area contributed by atoms with Crippen LogP contribution in [0.4, 0.5) is 0 Å². The monoisotopic (exact) mass is 197 g/mol. The van der Waals surface area contributed by atoms with Gasteiger partial charge in [0, 0.05) is 6.20 Å². The van der Waals surface area contributed by atoms with Crippen LogP contribution in [0, 0.1) is 6.92 Å². The topological polar surface area (TPSA) is 98.2 Å². The summed E-state index contributed by atoms with van der Waals surface area (Å²) >= 11 is 0. The van der Waals surface area contributed by atoms with E-state index in [1.54, 1.807) is 13.0 Å². The van der Waals surface area contributed by atoms with E-state index in [-0.39, 0.29) is 6.42 Å². The molecule has 14 heavy (non-hydrogen) atoms. The molecule has 0 radical (unpaired) electrons. The van der Waals surface area contributed by atoms with E-state index in [4.69, 9.17) is 10.8 Å². The highest BCUT2D eigenvalue weighted by Gasteiger charge is 2.22. The van der Waals surface area contributed by atoms with Crippen molar-refractivity contribution in [3.05, 3.63) is 18.0 Å². The summed E-state index contributed by atoms with van der Waals surface area (Å²) in [6, 6.07) is 0.651. The second-order valence-corrected chi connectivity index (χ2v) is 2.96. The summed E-state index contributed by atoms with van der Waals surface area (Å²) in [5, 5.41) is 12.7. The number of amides is 1. The van der Waals surface area contributed by atoms with Crippen molar-refractivity contribution in [3.63, 3.8) is 0 Å². The van der Waals surface area contributed by atoms with Crippen molar-refractivity contribution < 1.29 is 14.7 Å². The first-order valence-electron chi connectivity index (χ1n) is 4.03. The minimum atomic E-state index is -1.12. The normalized spacial score (nSPS) is 12.4. The van der Waals surface area contributed by atoms with Crippen LogP contribution in [-0.4, -0.2) is 26.8 Å². The Bertz CT molecular complexity index is 358. The third kappa shape index (κ3) is 2.32. The lowest BCUT2D eigenvalue weighted by molar-refractivity contribution is -0.143. The highest BCUT2D eigenvalue weighted by atomic mass is 16.4. The zero-order valence-electron chi connectivity index (χ0n) is 7.67. The number of carbonyl (C=O) groups is 2. The van der Waals surface area contributed by atoms with Gasteiger partial charge < -0.3 is 10.8 Å². The smallest absolute Gasteiger partial charge is 0.329 e. The fourth-order valence-electron chi connectivity index (χ4n) is 1.09. The van der Waals surface area contributed by atoms with Crippen molar-refractivity contribution in [1.29, 1.82) is 0 Å². The second-order valence-electron chi connectivity index (χ2n) is 2.96. The number of aliphatic carboxylic acids is 1. The number of nitrogens with two attached hydrogens (primary N) is 1.